The summed E-state index contributed by atoms with van der Waals surface area (Å²) in [7, 11) is -2.38. The normalized spacial score (nSPS) is 11.1. The zero-order valence-corrected chi connectivity index (χ0v) is 7.53. The van der Waals surface area contributed by atoms with Gasteiger partial charge in [-0.3, -0.25) is 0 Å². The van der Waals surface area contributed by atoms with E-state index in [9.17, 15) is 17.6 Å². The van der Waals surface area contributed by atoms with E-state index in [0.717, 1.165) is 0 Å². The Balaban J connectivity index is 2.98. The number of hydrogen-bond donors (Lipinski definition) is 2. The van der Waals surface area contributed by atoms with Crippen LogP contribution in [0.5, 0.6) is 11.5 Å². The maximum Gasteiger partial charge on any atom is 0.707 e. The van der Waals surface area contributed by atoms with Crippen LogP contribution in [0.15, 0.2) is 18.2 Å². The van der Waals surface area contributed by atoms with E-state index >= 15 is 0 Å². The van der Waals surface area contributed by atoms with Gasteiger partial charge in [-0.25, -0.2) is 4.39 Å². The lowest BCUT2D eigenvalue weighted by atomic mass is 10.2. The Kier molecular flexibility index (Phi) is 3.60. The van der Waals surface area contributed by atoms with Gasteiger partial charge in [0, 0.05) is 6.07 Å². The Morgan fingerprint density at radius 3 is 2.25 bits per heavy atom. The standard InChI is InChI=1S/C7H5BF4O4/c9-4-1-2-5(15-7(10,11)12)6(3-4)16-8(13)14/h1-3,13-14H. The predicted octanol–water partition coefficient (Wildman–Crippen LogP) is 1.07. The van der Waals surface area contributed by atoms with Crippen LogP contribution < -0.4 is 9.39 Å². The smallest absolute Gasteiger partial charge is 0.509 e. The van der Waals surface area contributed by atoms with E-state index in [4.69, 9.17) is 10.0 Å². The molecule has 0 atom stereocenters. The summed E-state index contributed by atoms with van der Waals surface area (Å²) in [6.07, 6.45) is -4.99. The van der Waals surface area contributed by atoms with Gasteiger partial charge in [0.1, 0.15) is 11.6 Å². The number of ether oxygens (including phenoxy) is 1. The summed E-state index contributed by atoms with van der Waals surface area (Å²) in [5, 5.41) is 16.8. The lowest BCUT2D eigenvalue weighted by Crippen LogP contribution is -2.23. The molecule has 1 aromatic carbocycles. The Hall–Kier alpha value is -1.48. The van der Waals surface area contributed by atoms with Crippen molar-refractivity contribution in [2.45, 2.75) is 6.36 Å². The fourth-order valence-electron chi connectivity index (χ4n) is 0.897. The molecule has 0 unspecified atom stereocenters. The first-order chi connectivity index (χ1) is 7.28. The van der Waals surface area contributed by atoms with Crippen LogP contribution in [-0.2, 0) is 0 Å². The number of benzene rings is 1. The monoisotopic (exact) mass is 240 g/mol. The van der Waals surface area contributed by atoms with E-state index in [0.29, 0.717) is 18.2 Å². The molecule has 0 aliphatic rings. The second-order valence-electron chi connectivity index (χ2n) is 2.58. The maximum absolute atomic E-state index is 12.7. The third-order valence-corrected chi connectivity index (χ3v) is 1.36. The van der Waals surface area contributed by atoms with E-state index in [2.05, 4.69) is 9.39 Å². The van der Waals surface area contributed by atoms with Gasteiger partial charge in [-0.1, -0.05) is 0 Å². The van der Waals surface area contributed by atoms with Gasteiger partial charge >= 0.3 is 13.7 Å². The van der Waals surface area contributed by atoms with E-state index in [1.54, 1.807) is 0 Å². The van der Waals surface area contributed by atoms with Gasteiger partial charge < -0.3 is 19.4 Å². The average molecular weight is 240 g/mol. The molecule has 0 bridgehead atoms. The maximum atomic E-state index is 12.7. The highest BCUT2D eigenvalue weighted by Gasteiger charge is 2.33. The SMILES string of the molecule is OB(O)Oc1cc(F)ccc1OC(F)(F)F. The molecular weight excluding hydrogens is 235 g/mol. The van der Waals surface area contributed by atoms with Crippen molar-refractivity contribution in [2.24, 2.45) is 0 Å². The van der Waals surface area contributed by atoms with Crippen molar-refractivity contribution in [1.29, 1.82) is 0 Å². The minimum absolute atomic E-state index is 0.528. The predicted molar refractivity (Wildman–Crippen MR) is 43.9 cm³/mol. The van der Waals surface area contributed by atoms with Gasteiger partial charge in [-0.15, -0.1) is 13.2 Å². The van der Waals surface area contributed by atoms with Crippen molar-refractivity contribution in [3.8, 4) is 11.5 Å². The third kappa shape index (κ3) is 3.95. The molecule has 88 valence electrons. The Bertz CT molecular complexity index is 368. The van der Waals surface area contributed by atoms with Crippen LogP contribution in [0.1, 0.15) is 0 Å². The third-order valence-electron chi connectivity index (χ3n) is 1.36. The largest absolute Gasteiger partial charge is 0.707 e. The first kappa shape index (κ1) is 12.6. The Morgan fingerprint density at radius 2 is 1.75 bits per heavy atom. The van der Waals surface area contributed by atoms with E-state index in [-0.39, 0.29) is 0 Å². The number of halogens is 4. The molecule has 1 rings (SSSR count). The van der Waals surface area contributed by atoms with Crippen molar-refractivity contribution >= 4 is 7.32 Å². The van der Waals surface area contributed by atoms with Gasteiger partial charge in [0.15, 0.2) is 5.75 Å². The van der Waals surface area contributed by atoms with Crippen molar-refractivity contribution < 1.29 is 37.0 Å². The van der Waals surface area contributed by atoms with Crippen molar-refractivity contribution in [3.63, 3.8) is 0 Å². The molecule has 1 aromatic rings. The lowest BCUT2D eigenvalue weighted by Gasteiger charge is -2.13. The molecule has 9 heteroatoms. The van der Waals surface area contributed by atoms with Crippen LogP contribution in [0.3, 0.4) is 0 Å². The minimum Gasteiger partial charge on any atom is -0.509 e. The van der Waals surface area contributed by atoms with Crippen molar-refractivity contribution in [1.82, 2.24) is 0 Å². The van der Waals surface area contributed by atoms with Crippen LogP contribution in [0.4, 0.5) is 17.6 Å². The molecular formula is C7H5BF4O4. The van der Waals surface area contributed by atoms with Gasteiger partial charge in [0.05, 0.1) is 0 Å². The molecule has 0 saturated heterocycles. The zero-order valence-electron chi connectivity index (χ0n) is 7.53. The first-order valence-corrected chi connectivity index (χ1v) is 3.86. The lowest BCUT2D eigenvalue weighted by molar-refractivity contribution is -0.275. The van der Waals surface area contributed by atoms with Gasteiger partial charge in [-0.05, 0) is 12.1 Å². The molecule has 0 aromatic heterocycles. The first-order valence-electron chi connectivity index (χ1n) is 3.86. The molecule has 0 heterocycles. The zero-order chi connectivity index (χ0) is 12.3. The van der Waals surface area contributed by atoms with Crippen molar-refractivity contribution in [3.05, 3.63) is 24.0 Å². The molecule has 0 fully saturated rings. The molecule has 2 N–H and O–H groups in total. The number of rotatable bonds is 3. The fourth-order valence-corrected chi connectivity index (χ4v) is 0.897. The Morgan fingerprint density at radius 1 is 1.12 bits per heavy atom. The summed E-state index contributed by atoms with van der Waals surface area (Å²) in [6, 6.07) is 1.89. The van der Waals surface area contributed by atoms with Gasteiger partial charge in [0.2, 0.25) is 0 Å². The highest BCUT2D eigenvalue weighted by molar-refractivity contribution is 6.33. The summed E-state index contributed by atoms with van der Waals surface area (Å²) in [4.78, 5) is 0. The van der Waals surface area contributed by atoms with Crippen LogP contribution in [0.2, 0.25) is 0 Å². The van der Waals surface area contributed by atoms with E-state index in [1.807, 2.05) is 0 Å². The molecule has 0 aliphatic carbocycles. The molecule has 0 radical (unpaired) electrons. The summed E-state index contributed by atoms with van der Waals surface area (Å²) in [6.45, 7) is 0. The quantitative estimate of drug-likeness (QED) is 0.612. The van der Waals surface area contributed by atoms with Crippen LogP contribution >= 0.6 is 0 Å². The summed E-state index contributed by atoms with van der Waals surface area (Å²) in [5.41, 5.74) is 0. The molecule has 4 nitrogen and oxygen atoms in total. The van der Waals surface area contributed by atoms with E-state index in [1.165, 1.54) is 0 Å². The molecule has 0 saturated carbocycles. The highest BCUT2D eigenvalue weighted by Crippen LogP contribution is 2.32. The van der Waals surface area contributed by atoms with Crippen LogP contribution in [-0.4, -0.2) is 23.7 Å². The highest BCUT2D eigenvalue weighted by atomic mass is 19.4. The summed E-state index contributed by atoms with van der Waals surface area (Å²) >= 11 is 0. The minimum atomic E-state index is -4.99. The number of alkyl halides is 3. The van der Waals surface area contributed by atoms with Gasteiger partial charge in [-0.2, -0.15) is 0 Å². The second-order valence-corrected chi connectivity index (χ2v) is 2.58. The topological polar surface area (TPSA) is 58.9 Å². The number of hydrogen-bond acceptors (Lipinski definition) is 4. The van der Waals surface area contributed by atoms with E-state index < -0.39 is 31.0 Å². The van der Waals surface area contributed by atoms with Gasteiger partial charge in [0.25, 0.3) is 0 Å². The summed E-state index contributed by atoms with van der Waals surface area (Å²) in [5.74, 6) is -2.56. The fraction of sp³-hybridized carbons (Fsp3) is 0.143. The van der Waals surface area contributed by atoms with Crippen LogP contribution in [0.25, 0.3) is 0 Å². The van der Waals surface area contributed by atoms with Crippen molar-refractivity contribution in [2.75, 3.05) is 0 Å². The summed E-state index contributed by atoms with van der Waals surface area (Å²) < 4.78 is 55.8. The molecule has 0 amide bonds. The molecule has 16 heavy (non-hydrogen) atoms. The average Bonchev–Trinajstić information content (AvgIpc) is 2.06. The molecule has 0 spiro atoms. The second kappa shape index (κ2) is 4.58. The molecule has 0 aliphatic heterocycles. The Labute approximate surface area is 87.2 Å². The van der Waals surface area contributed by atoms with Crippen LogP contribution in [0, 0.1) is 5.82 Å².